The lowest BCUT2D eigenvalue weighted by molar-refractivity contribution is -0.384. The predicted molar refractivity (Wildman–Crippen MR) is 121 cm³/mol. The van der Waals surface area contributed by atoms with Gasteiger partial charge in [-0.3, -0.25) is 19.9 Å². The number of hydrogen-bond acceptors (Lipinski definition) is 7. The van der Waals surface area contributed by atoms with E-state index in [1.807, 2.05) is 0 Å². The number of nitro groups is 1. The Labute approximate surface area is 188 Å². The van der Waals surface area contributed by atoms with E-state index >= 15 is 0 Å². The average Bonchev–Trinajstić information content (AvgIpc) is 3.24. The van der Waals surface area contributed by atoms with Crippen LogP contribution in [-0.4, -0.2) is 27.9 Å². The summed E-state index contributed by atoms with van der Waals surface area (Å²) in [6.45, 7) is 0. The Kier molecular flexibility index (Phi) is 6.55. The molecule has 2 aromatic heterocycles. The predicted octanol–water partition coefficient (Wildman–Crippen LogP) is 5.46. The number of non-ortho nitro benzene ring substituents is 1. The summed E-state index contributed by atoms with van der Waals surface area (Å²) in [7, 11) is 0. The number of nitro benzene ring substituents is 1. The fourth-order valence-corrected chi connectivity index (χ4v) is 4.68. The minimum Gasteiger partial charge on any atom is -0.459 e. The first kappa shape index (κ1) is 21.6. The van der Waals surface area contributed by atoms with E-state index in [0.29, 0.717) is 10.6 Å². The molecule has 9 heteroatoms. The van der Waals surface area contributed by atoms with Crippen molar-refractivity contribution in [1.29, 1.82) is 0 Å². The number of thiophene rings is 1. The fourth-order valence-electron chi connectivity index (χ4n) is 3.73. The highest BCUT2D eigenvalue weighted by Gasteiger charge is 2.26. The summed E-state index contributed by atoms with van der Waals surface area (Å²) in [5.41, 5.74) is 1.66. The van der Waals surface area contributed by atoms with E-state index in [-0.39, 0.29) is 22.9 Å². The number of amides is 1. The minimum atomic E-state index is -0.559. The molecule has 0 bridgehead atoms. The second-order valence-electron chi connectivity index (χ2n) is 7.52. The topological polar surface area (TPSA) is 111 Å². The number of nitrogens with zero attached hydrogens (tertiary/aromatic N) is 2. The summed E-state index contributed by atoms with van der Waals surface area (Å²) in [5.74, 6) is -1.03. The van der Waals surface area contributed by atoms with Crippen molar-refractivity contribution in [2.75, 3.05) is 5.32 Å². The van der Waals surface area contributed by atoms with E-state index < -0.39 is 16.8 Å². The molecule has 164 valence electrons. The van der Waals surface area contributed by atoms with E-state index in [2.05, 4.69) is 10.3 Å². The number of benzene rings is 1. The van der Waals surface area contributed by atoms with Crippen LogP contribution in [0.3, 0.4) is 0 Å². The smallest absolute Gasteiger partial charge is 0.342 e. The fraction of sp³-hybridized carbons (Fsp3) is 0.261. The van der Waals surface area contributed by atoms with Gasteiger partial charge in [0, 0.05) is 41.0 Å². The van der Waals surface area contributed by atoms with Crippen LogP contribution in [0, 0.1) is 10.1 Å². The standard InChI is InChI=1S/C23H21N3O5S/c27-21(16-5-4-6-17(13-16)26(29)30)25-22-20(23(28)31-18-7-2-1-3-8-18)19(14-32-22)15-9-11-24-12-10-15/h4-6,9-14,18H,1-3,7-8H2,(H,25,27). The van der Waals surface area contributed by atoms with Crippen molar-refractivity contribution >= 4 is 33.9 Å². The molecule has 0 radical (unpaired) electrons. The molecule has 1 aliphatic carbocycles. The second kappa shape index (κ2) is 9.69. The van der Waals surface area contributed by atoms with Gasteiger partial charge in [0.15, 0.2) is 0 Å². The number of pyridine rings is 1. The summed E-state index contributed by atoms with van der Waals surface area (Å²) < 4.78 is 5.79. The van der Waals surface area contributed by atoms with Gasteiger partial charge in [0.2, 0.25) is 0 Å². The van der Waals surface area contributed by atoms with Gasteiger partial charge in [-0.2, -0.15) is 0 Å². The van der Waals surface area contributed by atoms with E-state index in [1.54, 1.807) is 29.9 Å². The summed E-state index contributed by atoms with van der Waals surface area (Å²) in [5, 5.41) is 15.9. The number of ether oxygens (including phenoxy) is 1. The van der Waals surface area contributed by atoms with Crippen LogP contribution in [-0.2, 0) is 4.74 Å². The number of carbonyl (C=O) groups is 2. The van der Waals surface area contributed by atoms with Crippen LogP contribution >= 0.6 is 11.3 Å². The molecule has 1 aliphatic rings. The van der Waals surface area contributed by atoms with Crippen LogP contribution in [0.5, 0.6) is 0 Å². The lowest BCUT2D eigenvalue weighted by atomic mass is 9.97. The van der Waals surface area contributed by atoms with Crippen LogP contribution in [0.15, 0.2) is 54.2 Å². The van der Waals surface area contributed by atoms with Crippen molar-refractivity contribution in [1.82, 2.24) is 4.98 Å². The zero-order valence-electron chi connectivity index (χ0n) is 17.2. The first-order valence-electron chi connectivity index (χ1n) is 10.3. The Morgan fingerprint density at radius 3 is 2.59 bits per heavy atom. The minimum absolute atomic E-state index is 0.129. The number of carbonyl (C=O) groups excluding carboxylic acids is 2. The normalized spacial score (nSPS) is 14.0. The molecule has 0 spiro atoms. The molecule has 32 heavy (non-hydrogen) atoms. The first-order chi connectivity index (χ1) is 15.5. The van der Waals surface area contributed by atoms with Crippen LogP contribution in [0.1, 0.15) is 52.8 Å². The molecule has 1 N–H and O–H groups in total. The maximum absolute atomic E-state index is 13.2. The highest BCUT2D eigenvalue weighted by atomic mass is 32.1. The third-order valence-corrected chi connectivity index (χ3v) is 6.25. The molecular formula is C23H21N3O5S. The number of rotatable bonds is 6. The zero-order valence-corrected chi connectivity index (χ0v) is 18.0. The Bertz CT molecular complexity index is 1140. The highest BCUT2D eigenvalue weighted by molar-refractivity contribution is 7.15. The van der Waals surface area contributed by atoms with Crippen LogP contribution < -0.4 is 5.32 Å². The molecule has 0 aliphatic heterocycles. The van der Waals surface area contributed by atoms with Crippen LogP contribution in [0.2, 0.25) is 0 Å². The number of nitrogens with one attached hydrogen (secondary N) is 1. The molecule has 0 unspecified atom stereocenters. The Morgan fingerprint density at radius 2 is 1.88 bits per heavy atom. The quantitative estimate of drug-likeness (QED) is 0.303. The number of esters is 1. The average molecular weight is 452 g/mol. The van der Waals surface area contributed by atoms with Crippen LogP contribution in [0.25, 0.3) is 11.1 Å². The SMILES string of the molecule is O=C(Nc1scc(-c2ccncc2)c1C(=O)OC1CCCCC1)c1cccc([N+](=O)[O-])c1. The molecule has 1 amide bonds. The van der Waals surface area contributed by atoms with E-state index in [4.69, 9.17) is 4.74 Å². The van der Waals surface area contributed by atoms with Gasteiger partial charge in [-0.05, 0) is 49.4 Å². The van der Waals surface area contributed by atoms with Gasteiger partial charge in [0.25, 0.3) is 11.6 Å². The van der Waals surface area contributed by atoms with E-state index in [1.165, 1.54) is 35.6 Å². The van der Waals surface area contributed by atoms with Gasteiger partial charge in [0.1, 0.15) is 16.7 Å². The third-order valence-electron chi connectivity index (χ3n) is 5.36. The molecule has 0 saturated heterocycles. The van der Waals surface area contributed by atoms with Gasteiger partial charge in [-0.15, -0.1) is 11.3 Å². The maximum Gasteiger partial charge on any atom is 0.342 e. The monoisotopic (exact) mass is 451 g/mol. The molecular weight excluding hydrogens is 430 g/mol. The van der Waals surface area contributed by atoms with Crippen molar-refractivity contribution in [2.24, 2.45) is 0 Å². The lowest BCUT2D eigenvalue weighted by Crippen LogP contribution is -2.22. The Morgan fingerprint density at radius 1 is 1.12 bits per heavy atom. The molecule has 0 atom stereocenters. The number of aromatic nitrogens is 1. The molecule has 1 fully saturated rings. The van der Waals surface area contributed by atoms with Crippen LogP contribution in [0.4, 0.5) is 10.7 Å². The summed E-state index contributed by atoms with van der Waals surface area (Å²) in [4.78, 5) is 40.5. The van der Waals surface area contributed by atoms with E-state index in [0.717, 1.165) is 37.7 Å². The molecule has 2 heterocycles. The third kappa shape index (κ3) is 4.83. The Hall–Kier alpha value is -3.59. The van der Waals surface area contributed by atoms with Gasteiger partial charge in [-0.25, -0.2) is 4.79 Å². The number of hydrogen-bond donors (Lipinski definition) is 1. The zero-order chi connectivity index (χ0) is 22.5. The van der Waals surface area contributed by atoms with Crippen molar-refractivity contribution in [3.8, 4) is 11.1 Å². The second-order valence-corrected chi connectivity index (χ2v) is 8.40. The largest absolute Gasteiger partial charge is 0.459 e. The van der Waals surface area contributed by atoms with Crippen molar-refractivity contribution in [3.05, 3.63) is 75.4 Å². The maximum atomic E-state index is 13.2. The first-order valence-corrected chi connectivity index (χ1v) is 11.2. The Balaban J connectivity index is 1.65. The number of anilines is 1. The van der Waals surface area contributed by atoms with Crippen molar-refractivity contribution in [2.45, 2.75) is 38.2 Å². The summed E-state index contributed by atoms with van der Waals surface area (Å²) in [6.07, 6.45) is 7.96. The lowest BCUT2D eigenvalue weighted by Gasteiger charge is -2.22. The summed E-state index contributed by atoms with van der Waals surface area (Å²) in [6, 6.07) is 9.02. The van der Waals surface area contributed by atoms with E-state index in [9.17, 15) is 19.7 Å². The van der Waals surface area contributed by atoms with Gasteiger partial charge >= 0.3 is 5.97 Å². The molecule has 1 saturated carbocycles. The van der Waals surface area contributed by atoms with Gasteiger partial charge in [-0.1, -0.05) is 12.5 Å². The van der Waals surface area contributed by atoms with Gasteiger partial charge < -0.3 is 10.1 Å². The molecule has 4 rings (SSSR count). The molecule has 3 aromatic rings. The van der Waals surface area contributed by atoms with Crippen molar-refractivity contribution < 1.29 is 19.2 Å². The van der Waals surface area contributed by atoms with Gasteiger partial charge in [0.05, 0.1) is 4.92 Å². The molecule has 1 aromatic carbocycles. The highest BCUT2D eigenvalue weighted by Crippen LogP contribution is 2.37. The van der Waals surface area contributed by atoms with Crippen molar-refractivity contribution in [3.63, 3.8) is 0 Å². The molecule has 8 nitrogen and oxygen atoms in total. The summed E-state index contributed by atoms with van der Waals surface area (Å²) >= 11 is 1.21.